The van der Waals surface area contributed by atoms with E-state index in [0.717, 1.165) is 16.7 Å². The number of nitrogens with one attached hydrogen (secondary N) is 1. The molecule has 0 fully saturated rings. The molecule has 3 aromatic carbocycles. The number of nitrogens with zero attached hydrogens (tertiary/aromatic N) is 1. The number of ether oxygens (including phenoxy) is 1. The van der Waals surface area contributed by atoms with Gasteiger partial charge in [-0.25, -0.2) is 13.2 Å². The summed E-state index contributed by atoms with van der Waals surface area (Å²) in [4.78, 5) is 24.7. The van der Waals surface area contributed by atoms with Crippen molar-refractivity contribution in [3.63, 3.8) is 0 Å². The Kier molecular flexibility index (Phi) is 7.09. The minimum atomic E-state index is -3.79. The van der Waals surface area contributed by atoms with Gasteiger partial charge in [-0.3, -0.25) is 4.79 Å². The summed E-state index contributed by atoms with van der Waals surface area (Å²) in [5, 5.41) is 2.77. The lowest BCUT2D eigenvalue weighted by Gasteiger charge is -2.28. The van der Waals surface area contributed by atoms with E-state index in [1.165, 1.54) is 28.6 Å². The predicted octanol–water partition coefficient (Wildman–Crippen LogP) is 3.47. The zero-order valence-corrected chi connectivity index (χ0v) is 19.6. The molecule has 176 valence electrons. The van der Waals surface area contributed by atoms with Crippen molar-refractivity contribution < 1.29 is 22.7 Å². The van der Waals surface area contributed by atoms with E-state index in [1.54, 1.807) is 0 Å². The topological polar surface area (TPSA) is 92.8 Å². The van der Waals surface area contributed by atoms with E-state index < -0.39 is 28.5 Å². The summed E-state index contributed by atoms with van der Waals surface area (Å²) in [6, 6.07) is 22.7. The number of hydrogen-bond donors (Lipinski definition) is 1. The lowest BCUT2D eigenvalue weighted by molar-refractivity contribution is -0.124. The number of esters is 1. The summed E-state index contributed by atoms with van der Waals surface area (Å²) in [6.45, 7) is 2.03. The first-order valence-corrected chi connectivity index (χ1v) is 12.5. The monoisotopic (exact) mass is 478 g/mol. The number of fused-ring (bicyclic) bond motifs is 1. The van der Waals surface area contributed by atoms with Crippen molar-refractivity contribution in [2.45, 2.75) is 30.8 Å². The minimum absolute atomic E-state index is 0.0171. The number of sulfonamides is 1. The minimum Gasteiger partial charge on any atom is -0.452 e. The standard InChI is InChI=1S/C26H26N2O5S/c1-19(20-8-3-2-4-9-20)27-25(29)18-33-26(30)22-12-7-13-24(16-22)34(31,32)28-15-14-21-10-5-6-11-23(21)17-28/h2-13,16,19H,14-15,17-18H2,1H3,(H,27,29)/t19-/m1/s1. The molecule has 4 rings (SSSR count). The van der Waals surface area contributed by atoms with Gasteiger partial charge in [0, 0.05) is 13.1 Å². The number of amides is 1. The van der Waals surface area contributed by atoms with Crippen molar-refractivity contribution in [3.05, 3.63) is 101 Å². The second-order valence-electron chi connectivity index (χ2n) is 8.16. The van der Waals surface area contributed by atoms with Gasteiger partial charge in [-0.05, 0) is 48.2 Å². The first kappa shape index (κ1) is 23.7. The van der Waals surface area contributed by atoms with E-state index in [1.807, 2.05) is 61.5 Å². The highest BCUT2D eigenvalue weighted by molar-refractivity contribution is 7.89. The lowest BCUT2D eigenvalue weighted by atomic mass is 10.0. The molecule has 1 amide bonds. The maximum absolute atomic E-state index is 13.2. The number of rotatable bonds is 7. The first-order chi connectivity index (χ1) is 16.3. The van der Waals surface area contributed by atoms with Crippen molar-refractivity contribution in [1.29, 1.82) is 0 Å². The van der Waals surface area contributed by atoms with E-state index in [0.29, 0.717) is 13.0 Å². The van der Waals surface area contributed by atoms with E-state index in [2.05, 4.69) is 5.32 Å². The molecule has 0 saturated heterocycles. The molecule has 1 heterocycles. The fourth-order valence-electron chi connectivity index (χ4n) is 3.93. The van der Waals surface area contributed by atoms with Gasteiger partial charge in [0.25, 0.3) is 5.91 Å². The van der Waals surface area contributed by atoms with Crippen LogP contribution in [0.3, 0.4) is 0 Å². The van der Waals surface area contributed by atoms with Crippen LogP contribution in [0.5, 0.6) is 0 Å². The summed E-state index contributed by atoms with van der Waals surface area (Å²) < 4.78 is 32.9. The fraction of sp³-hybridized carbons (Fsp3) is 0.231. The van der Waals surface area contributed by atoms with E-state index in [4.69, 9.17) is 4.74 Å². The van der Waals surface area contributed by atoms with Crippen LogP contribution in [0.2, 0.25) is 0 Å². The molecule has 34 heavy (non-hydrogen) atoms. The van der Waals surface area contributed by atoms with Crippen molar-refractivity contribution in [1.82, 2.24) is 9.62 Å². The van der Waals surface area contributed by atoms with Crippen LogP contribution in [0.4, 0.5) is 0 Å². The summed E-state index contributed by atoms with van der Waals surface area (Å²) in [7, 11) is -3.79. The smallest absolute Gasteiger partial charge is 0.338 e. The number of hydrogen-bond acceptors (Lipinski definition) is 5. The number of benzene rings is 3. The van der Waals surface area contributed by atoms with E-state index in [-0.39, 0.29) is 23.0 Å². The molecule has 7 nitrogen and oxygen atoms in total. The Hall–Kier alpha value is -3.49. The molecule has 0 spiro atoms. The molecule has 1 aliphatic rings. The highest BCUT2D eigenvalue weighted by Gasteiger charge is 2.29. The molecule has 0 aliphatic carbocycles. The Morgan fingerprint density at radius 1 is 0.971 bits per heavy atom. The van der Waals surface area contributed by atoms with Crippen LogP contribution in [0.1, 0.15) is 40.0 Å². The Bertz CT molecular complexity index is 1290. The summed E-state index contributed by atoms with van der Waals surface area (Å²) in [6.07, 6.45) is 0.633. The Morgan fingerprint density at radius 3 is 2.44 bits per heavy atom. The highest BCUT2D eigenvalue weighted by Crippen LogP contribution is 2.25. The van der Waals surface area contributed by atoms with E-state index in [9.17, 15) is 18.0 Å². The van der Waals surface area contributed by atoms with Crippen LogP contribution < -0.4 is 5.32 Å². The predicted molar refractivity (Wildman–Crippen MR) is 127 cm³/mol. The Morgan fingerprint density at radius 2 is 1.68 bits per heavy atom. The maximum atomic E-state index is 13.2. The van der Waals surface area contributed by atoms with Gasteiger partial charge in [0.2, 0.25) is 10.0 Å². The fourth-order valence-corrected chi connectivity index (χ4v) is 5.40. The molecular formula is C26H26N2O5S. The Balaban J connectivity index is 1.39. The second kappa shape index (κ2) is 10.2. The van der Waals surface area contributed by atoms with Gasteiger partial charge in [0.1, 0.15) is 0 Å². The van der Waals surface area contributed by atoms with Crippen molar-refractivity contribution in [2.75, 3.05) is 13.2 Å². The molecule has 1 N–H and O–H groups in total. The van der Waals surface area contributed by atoms with Gasteiger partial charge in [-0.2, -0.15) is 4.31 Å². The molecule has 0 aromatic heterocycles. The molecule has 3 aromatic rings. The number of carbonyl (C=O) groups excluding carboxylic acids is 2. The average Bonchev–Trinajstić information content (AvgIpc) is 2.87. The SMILES string of the molecule is C[C@@H](NC(=O)COC(=O)c1cccc(S(=O)(=O)N2CCc3ccccc3C2)c1)c1ccccc1. The van der Waals surface area contributed by atoms with Gasteiger partial charge in [0.05, 0.1) is 16.5 Å². The Labute approximate surface area is 199 Å². The van der Waals surface area contributed by atoms with Crippen LogP contribution in [0.15, 0.2) is 83.8 Å². The summed E-state index contributed by atoms with van der Waals surface area (Å²) in [5.41, 5.74) is 3.12. The van der Waals surface area contributed by atoms with Crippen LogP contribution in [0.25, 0.3) is 0 Å². The normalized spacial score (nSPS) is 14.6. The third kappa shape index (κ3) is 5.35. The molecule has 0 radical (unpaired) electrons. The van der Waals surface area contributed by atoms with Crippen molar-refractivity contribution >= 4 is 21.9 Å². The van der Waals surface area contributed by atoms with Gasteiger partial charge in [0.15, 0.2) is 6.61 Å². The third-order valence-electron chi connectivity index (χ3n) is 5.81. The van der Waals surface area contributed by atoms with Gasteiger partial charge >= 0.3 is 5.97 Å². The highest BCUT2D eigenvalue weighted by atomic mass is 32.2. The van der Waals surface area contributed by atoms with Crippen LogP contribution in [-0.4, -0.2) is 37.8 Å². The maximum Gasteiger partial charge on any atom is 0.338 e. The zero-order chi connectivity index (χ0) is 24.1. The second-order valence-corrected chi connectivity index (χ2v) is 10.1. The molecule has 0 bridgehead atoms. The van der Waals surface area contributed by atoms with Crippen LogP contribution in [0, 0.1) is 0 Å². The number of carbonyl (C=O) groups is 2. The van der Waals surface area contributed by atoms with Crippen LogP contribution >= 0.6 is 0 Å². The molecule has 1 atom stereocenters. The van der Waals surface area contributed by atoms with Crippen molar-refractivity contribution in [3.8, 4) is 0 Å². The largest absolute Gasteiger partial charge is 0.452 e. The van der Waals surface area contributed by atoms with Gasteiger partial charge in [-0.15, -0.1) is 0 Å². The lowest BCUT2D eigenvalue weighted by Crippen LogP contribution is -2.36. The third-order valence-corrected chi connectivity index (χ3v) is 7.66. The van der Waals surface area contributed by atoms with Crippen molar-refractivity contribution in [2.24, 2.45) is 0 Å². The first-order valence-electron chi connectivity index (χ1n) is 11.0. The molecule has 0 saturated carbocycles. The quantitative estimate of drug-likeness (QED) is 0.525. The van der Waals surface area contributed by atoms with Crippen LogP contribution in [-0.2, 0) is 32.5 Å². The molecule has 1 aliphatic heterocycles. The van der Waals surface area contributed by atoms with E-state index >= 15 is 0 Å². The zero-order valence-electron chi connectivity index (χ0n) is 18.8. The molecule has 0 unspecified atom stereocenters. The molecule has 8 heteroatoms. The average molecular weight is 479 g/mol. The van der Waals surface area contributed by atoms with Gasteiger partial charge < -0.3 is 10.1 Å². The summed E-state index contributed by atoms with van der Waals surface area (Å²) >= 11 is 0. The van der Waals surface area contributed by atoms with Gasteiger partial charge in [-0.1, -0.05) is 60.7 Å². The summed E-state index contributed by atoms with van der Waals surface area (Å²) in [5.74, 6) is -1.20. The molecular weight excluding hydrogens is 452 g/mol.